The van der Waals surface area contributed by atoms with Gasteiger partial charge >= 0.3 is 0 Å². The van der Waals surface area contributed by atoms with Crippen LogP contribution in [0.4, 0.5) is 0 Å². The Bertz CT molecular complexity index is 712. The number of benzene rings is 2. The van der Waals surface area contributed by atoms with Gasteiger partial charge in [0.05, 0.1) is 5.56 Å². The molecule has 0 fully saturated rings. The van der Waals surface area contributed by atoms with Crippen LogP contribution < -0.4 is 0 Å². The topological polar surface area (TPSA) is 43.7 Å². The standard InChI is InChI=1S/C21H25NO2/c1-15(2)18-12-19(23)21(20(24)13-18)17-8-10-22(11-9-17)14-16-6-4-3-5-7-16/h3-8,12-13,15,23-24H,9-11,14H2,1-2H3. The molecule has 0 aliphatic carbocycles. The fourth-order valence-electron chi connectivity index (χ4n) is 3.22. The van der Waals surface area contributed by atoms with E-state index in [-0.39, 0.29) is 17.4 Å². The molecular formula is C21H25NO2. The molecule has 24 heavy (non-hydrogen) atoms. The first-order chi connectivity index (χ1) is 11.5. The Morgan fingerprint density at radius 3 is 2.25 bits per heavy atom. The molecule has 0 amide bonds. The molecule has 0 saturated carbocycles. The first-order valence-electron chi connectivity index (χ1n) is 8.56. The van der Waals surface area contributed by atoms with Crippen LogP contribution >= 0.6 is 0 Å². The summed E-state index contributed by atoms with van der Waals surface area (Å²) in [6, 6.07) is 14.0. The monoisotopic (exact) mass is 323 g/mol. The van der Waals surface area contributed by atoms with Gasteiger partial charge in [0.2, 0.25) is 0 Å². The van der Waals surface area contributed by atoms with Crippen molar-refractivity contribution in [3.63, 3.8) is 0 Å². The minimum atomic E-state index is 0.182. The molecule has 126 valence electrons. The van der Waals surface area contributed by atoms with Crippen LogP contribution in [0.1, 0.15) is 42.9 Å². The molecule has 2 aromatic carbocycles. The van der Waals surface area contributed by atoms with E-state index in [1.165, 1.54) is 5.56 Å². The Labute approximate surface area is 143 Å². The predicted octanol–water partition coefficient (Wildman–Crippen LogP) is 4.51. The van der Waals surface area contributed by atoms with Crippen molar-refractivity contribution in [2.45, 2.75) is 32.7 Å². The van der Waals surface area contributed by atoms with Crippen LogP contribution in [0.15, 0.2) is 48.5 Å². The highest BCUT2D eigenvalue weighted by molar-refractivity contribution is 5.76. The van der Waals surface area contributed by atoms with E-state index in [1.54, 1.807) is 12.1 Å². The molecule has 0 unspecified atom stereocenters. The molecule has 1 aliphatic rings. The van der Waals surface area contributed by atoms with Gasteiger partial charge in [-0.3, -0.25) is 4.90 Å². The van der Waals surface area contributed by atoms with E-state index in [0.29, 0.717) is 5.56 Å². The van der Waals surface area contributed by atoms with E-state index < -0.39 is 0 Å². The molecule has 0 aromatic heterocycles. The highest BCUT2D eigenvalue weighted by Crippen LogP contribution is 2.39. The molecule has 0 atom stereocenters. The number of aromatic hydroxyl groups is 2. The molecule has 0 spiro atoms. The van der Waals surface area contributed by atoms with Crippen LogP contribution in [-0.2, 0) is 6.54 Å². The number of hydrogen-bond donors (Lipinski definition) is 2. The summed E-state index contributed by atoms with van der Waals surface area (Å²) >= 11 is 0. The van der Waals surface area contributed by atoms with Crippen LogP contribution in [0.2, 0.25) is 0 Å². The minimum Gasteiger partial charge on any atom is -0.507 e. The maximum absolute atomic E-state index is 10.4. The van der Waals surface area contributed by atoms with Crippen molar-refractivity contribution in [2.75, 3.05) is 13.1 Å². The molecule has 3 heteroatoms. The van der Waals surface area contributed by atoms with Gasteiger partial charge in [-0.15, -0.1) is 0 Å². The Hall–Kier alpha value is -2.26. The van der Waals surface area contributed by atoms with Crippen LogP contribution in [0.25, 0.3) is 5.57 Å². The van der Waals surface area contributed by atoms with Gasteiger partial charge in [0.1, 0.15) is 11.5 Å². The minimum absolute atomic E-state index is 0.182. The highest BCUT2D eigenvalue weighted by atomic mass is 16.3. The Morgan fingerprint density at radius 2 is 1.71 bits per heavy atom. The predicted molar refractivity (Wildman–Crippen MR) is 98.2 cm³/mol. The van der Waals surface area contributed by atoms with Crippen molar-refractivity contribution >= 4 is 5.57 Å². The van der Waals surface area contributed by atoms with Gasteiger partial charge in [0.15, 0.2) is 0 Å². The Kier molecular flexibility index (Phi) is 4.91. The average Bonchev–Trinajstić information content (AvgIpc) is 2.56. The number of phenolic OH excluding ortho intramolecular Hbond substituents is 2. The third-order valence-corrected chi connectivity index (χ3v) is 4.65. The lowest BCUT2D eigenvalue weighted by atomic mass is 9.93. The van der Waals surface area contributed by atoms with Crippen molar-refractivity contribution < 1.29 is 10.2 Å². The van der Waals surface area contributed by atoms with Crippen LogP contribution in [0.5, 0.6) is 11.5 Å². The molecule has 0 radical (unpaired) electrons. The lowest BCUT2D eigenvalue weighted by Gasteiger charge is -2.27. The van der Waals surface area contributed by atoms with E-state index in [1.807, 2.05) is 6.07 Å². The van der Waals surface area contributed by atoms with Crippen LogP contribution in [0.3, 0.4) is 0 Å². The summed E-state index contributed by atoms with van der Waals surface area (Å²) in [4.78, 5) is 2.37. The maximum Gasteiger partial charge on any atom is 0.127 e. The molecule has 0 saturated heterocycles. The largest absolute Gasteiger partial charge is 0.507 e. The first-order valence-corrected chi connectivity index (χ1v) is 8.56. The zero-order valence-electron chi connectivity index (χ0n) is 14.4. The van der Waals surface area contributed by atoms with E-state index in [0.717, 1.165) is 37.2 Å². The van der Waals surface area contributed by atoms with E-state index in [9.17, 15) is 10.2 Å². The molecule has 1 heterocycles. The fourth-order valence-corrected chi connectivity index (χ4v) is 3.22. The second-order valence-corrected chi connectivity index (χ2v) is 6.79. The zero-order chi connectivity index (χ0) is 17.1. The summed E-state index contributed by atoms with van der Waals surface area (Å²) in [5.74, 6) is 0.639. The summed E-state index contributed by atoms with van der Waals surface area (Å²) in [5, 5.41) is 20.7. The van der Waals surface area contributed by atoms with Crippen molar-refractivity contribution in [2.24, 2.45) is 0 Å². The summed E-state index contributed by atoms with van der Waals surface area (Å²) in [6.45, 7) is 6.78. The lowest BCUT2D eigenvalue weighted by molar-refractivity contribution is 0.293. The molecule has 1 aliphatic heterocycles. The van der Waals surface area contributed by atoms with Gasteiger partial charge < -0.3 is 10.2 Å². The second kappa shape index (κ2) is 7.10. The third-order valence-electron chi connectivity index (χ3n) is 4.65. The number of nitrogens with zero attached hydrogens (tertiary/aromatic N) is 1. The molecular weight excluding hydrogens is 298 g/mol. The molecule has 3 rings (SSSR count). The van der Waals surface area contributed by atoms with Gasteiger partial charge in [-0.1, -0.05) is 50.3 Å². The lowest BCUT2D eigenvalue weighted by Crippen LogP contribution is -2.28. The quantitative estimate of drug-likeness (QED) is 0.870. The number of hydrogen-bond acceptors (Lipinski definition) is 3. The van der Waals surface area contributed by atoms with Crippen LogP contribution in [0, 0.1) is 0 Å². The van der Waals surface area contributed by atoms with Gasteiger partial charge in [-0.2, -0.15) is 0 Å². The SMILES string of the molecule is CC(C)c1cc(O)c(C2=CCN(Cc3ccccc3)CC2)c(O)c1. The summed E-state index contributed by atoms with van der Waals surface area (Å²) in [5.41, 5.74) is 3.89. The maximum atomic E-state index is 10.4. The molecule has 0 bridgehead atoms. The average molecular weight is 323 g/mol. The van der Waals surface area contributed by atoms with Gasteiger partial charge in [-0.25, -0.2) is 0 Å². The van der Waals surface area contributed by atoms with Crippen molar-refractivity contribution in [1.82, 2.24) is 4.90 Å². The number of rotatable bonds is 4. The summed E-state index contributed by atoms with van der Waals surface area (Å²) in [6.07, 6.45) is 2.95. The van der Waals surface area contributed by atoms with E-state index in [2.05, 4.69) is 49.1 Å². The van der Waals surface area contributed by atoms with Crippen molar-refractivity contribution in [3.05, 3.63) is 65.2 Å². The molecule has 2 N–H and O–H groups in total. The first kappa shape index (κ1) is 16.6. The van der Waals surface area contributed by atoms with Gasteiger partial charge in [0, 0.05) is 19.6 Å². The summed E-state index contributed by atoms with van der Waals surface area (Å²) in [7, 11) is 0. The van der Waals surface area contributed by atoms with Gasteiger partial charge in [-0.05, 0) is 41.2 Å². The van der Waals surface area contributed by atoms with E-state index >= 15 is 0 Å². The fraction of sp³-hybridized carbons (Fsp3) is 0.333. The van der Waals surface area contributed by atoms with Crippen molar-refractivity contribution in [3.8, 4) is 11.5 Å². The summed E-state index contributed by atoms with van der Waals surface area (Å²) < 4.78 is 0. The Morgan fingerprint density at radius 1 is 1.04 bits per heavy atom. The van der Waals surface area contributed by atoms with Crippen LogP contribution in [-0.4, -0.2) is 28.2 Å². The molecule has 3 nitrogen and oxygen atoms in total. The number of phenols is 2. The van der Waals surface area contributed by atoms with Gasteiger partial charge in [0.25, 0.3) is 0 Å². The smallest absolute Gasteiger partial charge is 0.127 e. The van der Waals surface area contributed by atoms with E-state index in [4.69, 9.17) is 0 Å². The van der Waals surface area contributed by atoms with Crippen molar-refractivity contribution in [1.29, 1.82) is 0 Å². The second-order valence-electron chi connectivity index (χ2n) is 6.79. The Balaban J connectivity index is 1.75. The highest BCUT2D eigenvalue weighted by Gasteiger charge is 2.19. The molecule has 2 aromatic rings. The normalized spacial score (nSPS) is 15.5. The third kappa shape index (κ3) is 3.62. The zero-order valence-corrected chi connectivity index (χ0v) is 14.4.